The van der Waals surface area contributed by atoms with Crippen molar-refractivity contribution in [2.24, 2.45) is 10.2 Å². The summed E-state index contributed by atoms with van der Waals surface area (Å²) in [5, 5.41) is 30.0. The Morgan fingerprint density at radius 1 is 0.692 bits per heavy atom. The fraction of sp³-hybridized carbons (Fsp3) is 0. The molecule has 8 nitrogen and oxygen atoms in total. The molecule has 128 valence electrons. The molecule has 26 heavy (non-hydrogen) atoms. The molecule has 0 aliphatic rings. The normalized spacial score (nSPS) is 10.8. The Hall–Kier alpha value is -3.94. The molecular weight excluding hydrogens is 336 g/mol. The van der Waals surface area contributed by atoms with Crippen LogP contribution in [0.2, 0.25) is 0 Å². The lowest BCUT2D eigenvalue weighted by molar-refractivity contribution is -0.393. The smallest absolute Gasteiger partial charge is 0.258 e. The summed E-state index contributed by atoms with van der Waals surface area (Å²) >= 11 is 0. The lowest BCUT2D eigenvalue weighted by atomic mass is 10.0. The molecule has 0 spiro atoms. The minimum absolute atomic E-state index is 0.0523. The molecule has 0 aromatic heterocycles. The predicted molar refractivity (Wildman–Crippen MR) is 95.8 cm³/mol. The van der Waals surface area contributed by atoms with E-state index in [0.29, 0.717) is 5.69 Å². The summed E-state index contributed by atoms with van der Waals surface area (Å²) in [4.78, 5) is 20.6. The number of non-ortho nitro benzene ring substituents is 1. The molecule has 3 rings (SSSR count). The Bertz CT molecular complexity index is 1000. The lowest BCUT2D eigenvalue weighted by Gasteiger charge is -2.04. The van der Waals surface area contributed by atoms with Crippen molar-refractivity contribution < 1.29 is 9.85 Å². The average Bonchev–Trinajstić information content (AvgIpc) is 2.67. The maximum atomic E-state index is 11.2. The van der Waals surface area contributed by atoms with Crippen LogP contribution in [0.15, 0.2) is 83.0 Å². The number of azo groups is 1. The molecule has 0 amide bonds. The Morgan fingerprint density at radius 2 is 1.35 bits per heavy atom. The summed E-state index contributed by atoms with van der Waals surface area (Å²) in [5.74, 6) is 0. The van der Waals surface area contributed by atoms with Crippen LogP contribution in [0.5, 0.6) is 0 Å². The van der Waals surface area contributed by atoms with Crippen molar-refractivity contribution in [1.82, 2.24) is 0 Å². The molecule has 0 fully saturated rings. The van der Waals surface area contributed by atoms with Gasteiger partial charge in [-0.3, -0.25) is 20.2 Å². The summed E-state index contributed by atoms with van der Waals surface area (Å²) in [5.41, 5.74) is 1.39. The largest absolute Gasteiger partial charge is 0.303 e. The number of rotatable bonds is 5. The maximum absolute atomic E-state index is 11.2. The van der Waals surface area contributed by atoms with E-state index in [-0.39, 0.29) is 11.4 Å². The van der Waals surface area contributed by atoms with Crippen molar-refractivity contribution in [3.8, 4) is 11.1 Å². The van der Waals surface area contributed by atoms with Gasteiger partial charge in [0.05, 0.1) is 21.6 Å². The highest BCUT2D eigenvalue weighted by Crippen LogP contribution is 2.35. The van der Waals surface area contributed by atoms with Gasteiger partial charge in [0.1, 0.15) is 0 Å². The second-order valence-electron chi connectivity index (χ2n) is 5.27. The zero-order chi connectivity index (χ0) is 18.5. The molecule has 8 heteroatoms. The summed E-state index contributed by atoms with van der Waals surface area (Å²) in [6.07, 6.45) is 0. The molecule has 0 saturated carbocycles. The van der Waals surface area contributed by atoms with Gasteiger partial charge in [-0.25, -0.2) is 0 Å². The molecular formula is C18H12N4O4. The third-order valence-corrected chi connectivity index (χ3v) is 3.62. The van der Waals surface area contributed by atoms with Crippen molar-refractivity contribution >= 4 is 22.7 Å². The van der Waals surface area contributed by atoms with E-state index in [1.807, 2.05) is 42.5 Å². The van der Waals surface area contributed by atoms with Gasteiger partial charge in [-0.05, 0) is 17.7 Å². The third kappa shape index (κ3) is 3.59. The summed E-state index contributed by atoms with van der Waals surface area (Å²) in [6.45, 7) is 0. The van der Waals surface area contributed by atoms with Gasteiger partial charge in [-0.15, -0.1) is 10.2 Å². The van der Waals surface area contributed by atoms with Gasteiger partial charge in [0.15, 0.2) is 5.69 Å². The van der Waals surface area contributed by atoms with Crippen molar-refractivity contribution in [3.63, 3.8) is 0 Å². The lowest BCUT2D eigenvalue weighted by Crippen LogP contribution is -1.92. The molecule has 3 aromatic rings. The van der Waals surface area contributed by atoms with Gasteiger partial charge >= 0.3 is 5.69 Å². The molecule has 0 bridgehead atoms. The van der Waals surface area contributed by atoms with E-state index < -0.39 is 15.5 Å². The van der Waals surface area contributed by atoms with Crippen LogP contribution >= 0.6 is 0 Å². The van der Waals surface area contributed by atoms with Crippen molar-refractivity contribution in [3.05, 3.63) is 93.0 Å². The second-order valence-corrected chi connectivity index (χ2v) is 5.27. The van der Waals surface area contributed by atoms with Crippen LogP contribution in [0, 0.1) is 20.2 Å². The van der Waals surface area contributed by atoms with Crippen LogP contribution in [0.4, 0.5) is 22.7 Å². The van der Waals surface area contributed by atoms with Crippen molar-refractivity contribution in [2.75, 3.05) is 0 Å². The standard InChI is InChI=1S/C18H12N4O4/c23-21(24)14-10-11-17(18(12-14)22(25)26)20-19-16-9-5-4-8-15(16)13-6-2-1-3-7-13/h1-12H. The zero-order valence-electron chi connectivity index (χ0n) is 13.4. The summed E-state index contributed by atoms with van der Waals surface area (Å²) in [6, 6.07) is 20.0. The van der Waals surface area contributed by atoms with Gasteiger partial charge in [0.25, 0.3) is 5.69 Å². The molecule has 0 aliphatic carbocycles. The van der Waals surface area contributed by atoms with Crippen LogP contribution in [0.25, 0.3) is 11.1 Å². The molecule has 0 radical (unpaired) electrons. The van der Waals surface area contributed by atoms with Gasteiger partial charge in [-0.2, -0.15) is 0 Å². The predicted octanol–water partition coefficient (Wildman–Crippen LogP) is 5.59. The average molecular weight is 348 g/mol. The molecule has 0 unspecified atom stereocenters. The third-order valence-electron chi connectivity index (χ3n) is 3.62. The monoisotopic (exact) mass is 348 g/mol. The van der Waals surface area contributed by atoms with E-state index >= 15 is 0 Å². The van der Waals surface area contributed by atoms with E-state index in [2.05, 4.69) is 10.2 Å². The number of nitro benzene ring substituents is 2. The molecule has 0 N–H and O–H groups in total. The fourth-order valence-corrected chi connectivity index (χ4v) is 2.39. The van der Waals surface area contributed by atoms with E-state index in [9.17, 15) is 20.2 Å². The van der Waals surface area contributed by atoms with E-state index in [0.717, 1.165) is 23.3 Å². The van der Waals surface area contributed by atoms with Crippen LogP contribution in [0.1, 0.15) is 0 Å². The Kier molecular flexibility index (Phi) is 4.75. The second kappa shape index (κ2) is 7.31. The summed E-state index contributed by atoms with van der Waals surface area (Å²) < 4.78 is 0. The van der Waals surface area contributed by atoms with E-state index in [4.69, 9.17) is 0 Å². The first-order valence-electron chi connectivity index (χ1n) is 7.55. The fourth-order valence-electron chi connectivity index (χ4n) is 2.39. The van der Waals surface area contributed by atoms with Gasteiger partial charge in [-0.1, -0.05) is 48.5 Å². The van der Waals surface area contributed by atoms with Gasteiger partial charge < -0.3 is 0 Å². The zero-order valence-corrected chi connectivity index (χ0v) is 13.4. The topological polar surface area (TPSA) is 111 Å². The first-order chi connectivity index (χ1) is 12.6. The molecule has 0 aliphatic heterocycles. The van der Waals surface area contributed by atoms with Gasteiger partial charge in [0, 0.05) is 11.6 Å². The highest BCUT2D eigenvalue weighted by atomic mass is 16.6. The van der Waals surface area contributed by atoms with E-state index in [1.165, 1.54) is 6.07 Å². The quantitative estimate of drug-likeness (QED) is 0.340. The number of nitrogens with zero attached hydrogens (tertiary/aromatic N) is 4. The minimum Gasteiger partial charge on any atom is -0.258 e. The Morgan fingerprint density at radius 3 is 2.04 bits per heavy atom. The van der Waals surface area contributed by atoms with Crippen LogP contribution in [0.3, 0.4) is 0 Å². The highest BCUT2D eigenvalue weighted by molar-refractivity contribution is 5.75. The van der Waals surface area contributed by atoms with Crippen molar-refractivity contribution in [2.45, 2.75) is 0 Å². The Labute approximate surface area is 147 Å². The first kappa shape index (κ1) is 16.9. The molecule has 0 atom stereocenters. The molecule has 3 aromatic carbocycles. The van der Waals surface area contributed by atoms with Crippen LogP contribution < -0.4 is 0 Å². The molecule has 0 heterocycles. The number of hydrogen-bond donors (Lipinski definition) is 0. The summed E-state index contributed by atoms with van der Waals surface area (Å²) in [7, 11) is 0. The maximum Gasteiger partial charge on any atom is 0.303 e. The first-order valence-corrected chi connectivity index (χ1v) is 7.55. The van der Waals surface area contributed by atoms with Gasteiger partial charge in [0.2, 0.25) is 0 Å². The molecule has 0 saturated heterocycles. The van der Waals surface area contributed by atoms with Crippen LogP contribution in [-0.2, 0) is 0 Å². The number of hydrogen-bond acceptors (Lipinski definition) is 6. The highest BCUT2D eigenvalue weighted by Gasteiger charge is 2.19. The number of nitro groups is 2. The van der Waals surface area contributed by atoms with Crippen molar-refractivity contribution in [1.29, 1.82) is 0 Å². The minimum atomic E-state index is -0.718. The number of benzene rings is 3. The van der Waals surface area contributed by atoms with Crippen LogP contribution in [-0.4, -0.2) is 9.85 Å². The van der Waals surface area contributed by atoms with E-state index in [1.54, 1.807) is 12.1 Å². The SMILES string of the molecule is O=[N+]([O-])c1ccc(N=Nc2ccccc2-c2ccccc2)c([N+](=O)[O-])c1. The Balaban J connectivity index is 2.02.